The van der Waals surface area contributed by atoms with Crippen molar-refractivity contribution in [3.8, 4) is 0 Å². The Morgan fingerprint density at radius 3 is 2.19 bits per heavy atom. The molecule has 0 aromatic heterocycles. The van der Waals surface area contributed by atoms with Gasteiger partial charge in [-0.3, -0.25) is 14.4 Å². The zero-order valence-corrected chi connectivity index (χ0v) is 19.5. The highest BCUT2D eigenvalue weighted by Crippen LogP contribution is 2.16. The summed E-state index contributed by atoms with van der Waals surface area (Å²) in [5.41, 5.74) is 1.93. The van der Waals surface area contributed by atoms with Gasteiger partial charge in [-0.15, -0.1) is 0 Å². The van der Waals surface area contributed by atoms with E-state index in [9.17, 15) is 27.6 Å². The van der Waals surface area contributed by atoms with Crippen molar-refractivity contribution in [3.63, 3.8) is 0 Å². The monoisotopic (exact) mass is 508 g/mol. The quantitative estimate of drug-likeness (QED) is 0.551. The largest absolute Gasteiger partial charge is 0.490 e. The normalized spacial score (nSPS) is 13.2. The summed E-state index contributed by atoms with van der Waals surface area (Å²) >= 11 is 0. The van der Waals surface area contributed by atoms with Crippen LogP contribution in [0, 0.1) is 0 Å². The number of benzene rings is 2. The lowest BCUT2D eigenvalue weighted by Crippen LogP contribution is -2.50. The first-order valence-corrected chi connectivity index (χ1v) is 11.0. The summed E-state index contributed by atoms with van der Waals surface area (Å²) in [6, 6.07) is 16.4. The number of anilines is 1. The van der Waals surface area contributed by atoms with E-state index in [2.05, 4.69) is 10.6 Å². The molecule has 1 fully saturated rings. The van der Waals surface area contributed by atoms with E-state index in [4.69, 9.17) is 9.90 Å². The van der Waals surface area contributed by atoms with Gasteiger partial charge in [0.1, 0.15) is 6.54 Å². The zero-order valence-electron chi connectivity index (χ0n) is 19.5. The molecule has 1 heterocycles. The van der Waals surface area contributed by atoms with E-state index in [1.54, 1.807) is 34.1 Å². The molecule has 1 aliphatic rings. The molecule has 3 rings (SSSR count). The molecule has 0 atom stereocenters. The maximum atomic E-state index is 13.2. The van der Waals surface area contributed by atoms with E-state index in [1.807, 2.05) is 30.3 Å². The summed E-state index contributed by atoms with van der Waals surface area (Å²) in [6.07, 6.45) is -5.08. The Balaban J connectivity index is 0.000000572. The van der Waals surface area contributed by atoms with Gasteiger partial charge in [-0.2, -0.15) is 13.2 Å². The smallest absolute Gasteiger partial charge is 0.475 e. The maximum Gasteiger partial charge on any atom is 0.490 e. The van der Waals surface area contributed by atoms with Gasteiger partial charge in [-0.05, 0) is 23.8 Å². The molecule has 0 saturated carbocycles. The fourth-order valence-corrected chi connectivity index (χ4v) is 3.30. The van der Waals surface area contributed by atoms with Crippen LogP contribution in [0.3, 0.4) is 0 Å². The number of piperazine rings is 1. The maximum absolute atomic E-state index is 13.2. The minimum atomic E-state index is -5.08. The van der Waals surface area contributed by atoms with Crippen LogP contribution in [0.1, 0.15) is 22.8 Å². The van der Waals surface area contributed by atoms with E-state index in [-0.39, 0.29) is 24.3 Å². The van der Waals surface area contributed by atoms with Gasteiger partial charge in [0.2, 0.25) is 11.8 Å². The molecule has 0 aliphatic carbocycles. The Hall–Kier alpha value is -3.93. The van der Waals surface area contributed by atoms with Crippen LogP contribution in [0.5, 0.6) is 0 Å². The fraction of sp³-hybridized carbons (Fsp3) is 0.333. The first-order chi connectivity index (χ1) is 17.0. The number of carboxylic acid groups (broad SMARTS) is 1. The number of carbonyl (C=O) groups excluding carboxylic acids is 3. The van der Waals surface area contributed by atoms with E-state index in [0.29, 0.717) is 30.9 Å². The predicted molar refractivity (Wildman–Crippen MR) is 125 cm³/mol. The van der Waals surface area contributed by atoms with E-state index >= 15 is 0 Å². The van der Waals surface area contributed by atoms with E-state index in [1.165, 1.54) is 6.92 Å². The number of carbonyl (C=O) groups is 4. The number of aliphatic carboxylic acids is 1. The number of rotatable bonds is 6. The van der Waals surface area contributed by atoms with Gasteiger partial charge >= 0.3 is 12.1 Å². The number of carboxylic acids is 1. The molecule has 2 aromatic carbocycles. The summed E-state index contributed by atoms with van der Waals surface area (Å²) in [5, 5.41) is 13.0. The highest BCUT2D eigenvalue weighted by atomic mass is 19.4. The number of hydrogen-bond donors (Lipinski definition) is 3. The first-order valence-electron chi connectivity index (χ1n) is 11.0. The van der Waals surface area contributed by atoms with E-state index in [0.717, 1.165) is 18.7 Å². The SMILES string of the molecule is CC(=O)Nc1cccc(C(=O)N(CC(=O)N2CCNCC2)Cc2ccccc2)c1.O=C(O)C(F)(F)F. The van der Waals surface area contributed by atoms with Gasteiger partial charge in [0, 0.05) is 50.9 Å². The number of alkyl halides is 3. The standard InChI is InChI=1S/C22H26N4O3.C2HF3O2/c1-17(27)24-20-9-5-8-19(14-20)22(29)26(15-18-6-3-2-4-7-18)16-21(28)25-12-10-23-11-13-25;3-2(4,5)1(6)7/h2-9,14,23H,10-13,15-16H2,1H3,(H,24,27);(H,6,7). The Bertz CT molecular complexity index is 1060. The number of halogens is 3. The van der Waals surface area contributed by atoms with Crippen LogP contribution in [0.25, 0.3) is 0 Å². The Labute approximate surface area is 205 Å². The van der Waals surface area contributed by atoms with Crippen LogP contribution in [-0.4, -0.2) is 77.5 Å². The molecular formula is C24H27F3N4O5. The van der Waals surface area contributed by atoms with Gasteiger partial charge < -0.3 is 25.5 Å². The molecule has 3 amide bonds. The number of nitrogens with zero attached hydrogens (tertiary/aromatic N) is 2. The second-order valence-electron chi connectivity index (χ2n) is 7.84. The minimum absolute atomic E-state index is 0.0120. The van der Waals surface area contributed by atoms with Crippen molar-refractivity contribution >= 4 is 29.4 Å². The van der Waals surface area contributed by atoms with E-state index < -0.39 is 12.1 Å². The Morgan fingerprint density at radius 1 is 1.03 bits per heavy atom. The summed E-state index contributed by atoms with van der Waals surface area (Å²) in [5.74, 6) is -3.27. The van der Waals surface area contributed by atoms with Crippen molar-refractivity contribution in [3.05, 3.63) is 65.7 Å². The average molecular weight is 508 g/mol. The molecule has 12 heteroatoms. The third-order valence-electron chi connectivity index (χ3n) is 4.97. The molecule has 0 bridgehead atoms. The lowest BCUT2D eigenvalue weighted by molar-refractivity contribution is -0.192. The van der Waals surface area contributed by atoms with Crippen molar-refractivity contribution in [2.24, 2.45) is 0 Å². The molecule has 0 radical (unpaired) electrons. The van der Waals surface area contributed by atoms with Gasteiger partial charge in [0.05, 0.1) is 0 Å². The Morgan fingerprint density at radius 2 is 1.64 bits per heavy atom. The third kappa shape index (κ3) is 9.37. The lowest BCUT2D eigenvalue weighted by Gasteiger charge is -2.30. The molecule has 1 saturated heterocycles. The highest BCUT2D eigenvalue weighted by Gasteiger charge is 2.38. The van der Waals surface area contributed by atoms with Gasteiger partial charge in [-0.25, -0.2) is 4.79 Å². The van der Waals surface area contributed by atoms with Gasteiger partial charge in [0.15, 0.2) is 0 Å². The molecule has 194 valence electrons. The lowest BCUT2D eigenvalue weighted by atomic mass is 10.1. The molecule has 9 nitrogen and oxygen atoms in total. The topological polar surface area (TPSA) is 119 Å². The second kappa shape index (κ2) is 13.2. The molecule has 2 aromatic rings. The van der Waals surface area contributed by atoms with Crippen molar-refractivity contribution < 1.29 is 37.5 Å². The highest BCUT2D eigenvalue weighted by molar-refractivity contribution is 5.98. The van der Waals surface area contributed by atoms with Crippen LogP contribution in [0.15, 0.2) is 54.6 Å². The number of amides is 3. The molecular weight excluding hydrogens is 481 g/mol. The fourth-order valence-electron chi connectivity index (χ4n) is 3.30. The molecule has 1 aliphatic heterocycles. The van der Waals surface area contributed by atoms with Crippen molar-refractivity contribution in [1.82, 2.24) is 15.1 Å². The average Bonchev–Trinajstić information content (AvgIpc) is 2.84. The van der Waals surface area contributed by atoms with Crippen LogP contribution in [-0.2, 0) is 20.9 Å². The molecule has 0 unspecified atom stereocenters. The molecule has 3 N–H and O–H groups in total. The van der Waals surface area contributed by atoms with Crippen LogP contribution in [0.2, 0.25) is 0 Å². The predicted octanol–water partition coefficient (Wildman–Crippen LogP) is 2.35. The molecule has 0 spiro atoms. The number of nitrogens with one attached hydrogen (secondary N) is 2. The van der Waals surface area contributed by atoms with Crippen molar-refractivity contribution in [2.75, 3.05) is 38.0 Å². The van der Waals surface area contributed by atoms with Gasteiger partial charge in [0.25, 0.3) is 5.91 Å². The van der Waals surface area contributed by atoms with Crippen molar-refractivity contribution in [2.45, 2.75) is 19.6 Å². The first kappa shape index (κ1) is 28.3. The van der Waals surface area contributed by atoms with Crippen LogP contribution >= 0.6 is 0 Å². The van der Waals surface area contributed by atoms with Crippen LogP contribution < -0.4 is 10.6 Å². The van der Waals surface area contributed by atoms with Crippen molar-refractivity contribution in [1.29, 1.82) is 0 Å². The summed E-state index contributed by atoms with van der Waals surface area (Å²) in [7, 11) is 0. The molecule has 36 heavy (non-hydrogen) atoms. The summed E-state index contributed by atoms with van der Waals surface area (Å²) in [6.45, 7) is 4.57. The van der Waals surface area contributed by atoms with Gasteiger partial charge in [-0.1, -0.05) is 36.4 Å². The second-order valence-corrected chi connectivity index (χ2v) is 7.84. The Kier molecular flexibility index (Phi) is 10.4. The number of hydrogen-bond acceptors (Lipinski definition) is 5. The zero-order chi connectivity index (χ0) is 26.7. The minimum Gasteiger partial charge on any atom is -0.475 e. The third-order valence-corrected chi connectivity index (χ3v) is 4.97. The summed E-state index contributed by atoms with van der Waals surface area (Å²) < 4.78 is 31.7. The summed E-state index contributed by atoms with van der Waals surface area (Å²) in [4.78, 5) is 49.6. The van der Waals surface area contributed by atoms with Crippen LogP contribution in [0.4, 0.5) is 18.9 Å².